The second kappa shape index (κ2) is 26.3. The Morgan fingerprint density at radius 1 is 0.265 bits per heavy atom. The van der Waals surface area contributed by atoms with Crippen molar-refractivity contribution in [3.8, 4) is 61.6 Å². The number of hydrogen-bond acceptors (Lipinski definition) is 2. The maximum Gasteiger partial charge on any atom is 0.213 e. The Bertz CT molecular complexity index is 6070. The van der Waals surface area contributed by atoms with Crippen LogP contribution in [0.3, 0.4) is 0 Å². The van der Waals surface area contributed by atoms with Gasteiger partial charge in [0.15, 0.2) is 0 Å². The highest BCUT2D eigenvalue weighted by Gasteiger charge is 2.22. The van der Waals surface area contributed by atoms with Gasteiger partial charge in [0.1, 0.15) is 11.2 Å². The number of nitrogens with one attached hydrogen (secondary N) is 1. The van der Waals surface area contributed by atoms with Crippen molar-refractivity contribution < 1.29 is 8.83 Å². The van der Waals surface area contributed by atoms with Crippen LogP contribution in [-0.2, 0) is 0 Å². The van der Waals surface area contributed by atoms with E-state index in [0.29, 0.717) is 0 Å². The van der Waals surface area contributed by atoms with Gasteiger partial charge in [-0.3, -0.25) is 9.13 Å². The highest BCUT2D eigenvalue weighted by atomic mass is 127. The van der Waals surface area contributed by atoms with Crippen LogP contribution in [0, 0.1) is 0 Å². The molecule has 1 N–H and O–H groups in total. The van der Waals surface area contributed by atoms with Gasteiger partial charge in [-0.25, -0.2) is 0 Å². The predicted molar refractivity (Wildman–Crippen MR) is 427 cm³/mol. The Hall–Kier alpha value is -11.4. The van der Waals surface area contributed by atoms with E-state index in [4.69, 9.17) is 8.83 Å². The summed E-state index contributed by atoms with van der Waals surface area (Å²) < 4.78 is 20.6. The molecule has 0 spiro atoms. The maximum absolute atomic E-state index is 6.49. The Morgan fingerprint density at radius 3 is 0.949 bits per heavy atom. The fourth-order valence-electron chi connectivity index (χ4n) is 14.2. The Labute approximate surface area is 589 Å². The summed E-state index contributed by atoms with van der Waals surface area (Å²) in [5, 5.41) is 12.1. The number of hydrogen-bond donors (Lipinski definition) is 1. The number of alkyl halides is 1. The zero-order valence-electron chi connectivity index (χ0n) is 52.7. The number of H-pyrrole nitrogens is 1. The second-order valence-corrected chi connectivity index (χ2v) is 25.1. The summed E-state index contributed by atoms with van der Waals surface area (Å²) in [6.45, 7) is 0. The number of aromatic nitrogens is 4. The fourth-order valence-corrected chi connectivity index (χ4v) is 14.4. The number of aromatic amines is 1. The second-order valence-electron chi connectivity index (χ2n) is 24.2. The summed E-state index contributed by atoms with van der Waals surface area (Å²) in [7, 11) is 0. The van der Waals surface area contributed by atoms with E-state index in [1.165, 1.54) is 104 Å². The molecular weight excluding hydrogens is 1380 g/mol. The van der Waals surface area contributed by atoms with Gasteiger partial charge in [-0.15, -0.1) is 0 Å². The first kappa shape index (κ1) is 61.4. The number of fused-ring (bicyclic) bond motifs is 16. The first-order chi connectivity index (χ1) is 48.0. The van der Waals surface area contributed by atoms with E-state index in [9.17, 15) is 0 Å². The quantitative estimate of drug-likeness (QED) is 0.128. The molecule has 0 bridgehead atoms. The number of nitrogens with zero attached hydrogens (tertiary/aromatic N) is 3. The van der Waals surface area contributed by atoms with Crippen LogP contribution in [0.15, 0.2) is 353 Å². The minimum Gasteiger partial charge on any atom is -0.439 e. The average molecular weight is 1440 g/mol. The number of rotatable bonds is 7. The Kier molecular flexibility index (Phi) is 16.5. The third-order valence-corrected chi connectivity index (χ3v) is 19.2. The maximum atomic E-state index is 6.49. The number of para-hydroxylation sites is 4. The molecule has 0 radical (unpaired) electrons. The first-order valence-electron chi connectivity index (χ1n) is 32.4. The minimum atomic E-state index is 0. The van der Waals surface area contributed by atoms with Crippen LogP contribution in [0.25, 0.3) is 171 Å². The van der Waals surface area contributed by atoms with E-state index in [1.54, 1.807) is 0 Å². The van der Waals surface area contributed by atoms with Crippen LogP contribution in [-0.4, -0.2) is 23.6 Å². The van der Waals surface area contributed by atoms with E-state index < -0.39 is 0 Å². The summed E-state index contributed by atoms with van der Waals surface area (Å²) in [5.41, 5.74) is 23.8. The van der Waals surface area contributed by atoms with Crippen molar-refractivity contribution >= 4 is 148 Å². The van der Waals surface area contributed by atoms with Gasteiger partial charge < -0.3 is 18.4 Å². The van der Waals surface area contributed by atoms with E-state index >= 15 is 0 Å². The third kappa shape index (κ3) is 10.9. The van der Waals surface area contributed by atoms with E-state index in [0.717, 1.165) is 71.3 Å². The molecule has 0 atom stereocenters. The number of benzene rings is 14. The summed E-state index contributed by atoms with van der Waals surface area (Å²) in [6.07, 6.45) is 0. The predicted octanol–water partition coefficient (Wildman–Crippen LogP) is 26.6. The van der Waals surface area contributed by atoms with Crippen LogP contribution in [0.1, 0.15) is 7.43 Å². The molecule has 470 valence electrons. The highest BCUT2D eigenvalue weighted by Crippen LogP contribution is 2.43. The van der Waals surface area contributed by atoms with Crippen LogP contribution < -0.4 is 0 Å². The lowest BCUT2D eigenvalue weighted by Crippen LogP contribution is -1.97. The van der Waals surface area contributed by atoms with Crippen molar-refractivity contribution in [2.75, 3.05) is 4.93 Å². The molecule has 0 amide bonds. The zero-order chi connectivity index (χ0) is 64.9. The van der Waals surface area contributed by atoms with Crippen LogP contribution >= 0.6 is 38.5 Å². The summed E-state index contributed by atoms with van der Waals surface area (Å²) in [5.74, 6) is 0. The molecule has 0 fully saturated rings. The van der Waals surface area contributed by atoms with Crippen molar-refractivity contribution in [2.45, 2.75) is 7.43 Å². The molecular formula is C90H64BrIN4O2. The molecule has 6 nitrogen and oxygen atoms in total. The summed E-state index contributed by atoms with van der Waals surface area (Å²) in [6, 6.07) is 120. The molecule has 8 heteroatoms. The molecule has 0 saturated carbocycles. The van der Waals surface area contributed by atoms with Gasteiger partial charge in [0.05, 0.1) is 32.8 Å². The van der Waals surface area contributed by atoms with Gasteiger partial charge >= 0.3 is 0 Å². The lowest BCUT2D eigenvalue weighted by molar-refractivity contribution is 0.645. The smallest absolute Gasteiger partial charge is 0.213 e. The zero-order valence-corrected chi connectivity index (χ0v) is 56.5. The van der Waals surface area contributed by atoms with Crippen molar-refractivity contribution in [1.29, 1.82) is 0 Å². The van der Waals surface area contributed by atoms with Crippen LogP contribution in [0.4, 0.5) is 0 Å². The molecule has 0 unspecified atom stereocenters. The SMILES string of the molecule is Brc1ccc(-n2c3ccccc3c3c4ccccc4oc32)cc1.C.CI.c1ccc(-c2ccc3[nH]c4ccc(-c5ccccc5)cc4c3c2)cc1.c1ccc(-c2ccc3c(c2)c2cc(-c4ccccc4)ccc2n3-c2ccc(-n3c4ccccc4c4c5ccccc5oc43)cc2)cc1. The molecule has 14 aromatic carbocycles. The average Bonchev–Trinajstić information content (AvgIpc) is 1.58. The molecule has 98 heavy (non-hydrogen) atoms. The molecule has 20 aromatic rings. The van der Waals surface area contributed by atoms with Gasteiger partial charge in [0, 0.05) is 75.7 Å². The van der Waals surface area contributed by atoms with Crippen LogP contribution in [0.5, 0.6) is 0 Å². The van der Waals surface area contributed by atoms with Crippen molar-refractivity contribution in [3.63, 3.8) is 0 Å². The summed E-state index contributed by atoms with van der Waals surface area (Å²) >= 11 is 5.65. The standard InChI is InChI=1S/C44H28N2O.C24H17N.C20H12BrNO.CH3I.CH4/c1-3-11-29(12-4-1)31-19-25-40-37(27-31)38-28-32(30-13-5-2-6-14-30)20-26-41(38)45(40)33-21-23-34(24-22-33)46-39-17-9-7-15-35(39)43-36-16-8-10-18-42(36)47-44(43)46;1-3-7-17(8-4-1)19-11-13-23-21(15-19)22-16-20(12-14-24(22)25-23)18-9-5-2-6-10-18;21-13-9-11-14(12-10-13)22-17-7-3-1-5-15(17)19-16-6-2-4-8-18(16)23-20(19)22;1-2;/h1-28H;1-16,25H;1-12H;1H3;1H4. The van der Waals surface area contributed by atoms with Gasteiger partial charge in [-0.1, -0.05) is 264 Å². The minimum absolute atomic E-state index is 0. The summed E-state index contributed by atoms with van der Waals surface area (Å²) in [4.78, 5) is 5.51. The van der Waals surface area contributed by atoms with E-state index in [-0.39, 0.29) is 7.43 Å². The van der Waals surface area contributed by atoms with Crippen molar-refractivity contribution in [1.82, 2.24) is 18.7 Å². The first-order valence-corrected chi connectivity index (χ1v) is 35.4. The normalized spacial score (nSPS) is 11.3. The van der Waals surface area contributed by atoms with Crippen molar-refractivity contribution in [3.05, 3.63) is 344 Å². The van der Waals surface area contributed by atoms with Gasteiger partial charge in [-0.05, 0) is 171 Å². The molecule has 0 saturated heterocycles. The monoisotopic (exact) mass is 1440 g/mol. The Morgan fingerprint density at radius 2 is 0.561 bits per heavy atom. The van der Waals surface area contributed by atoms with E-state index in [1.807, 2.05) is 29.2 Å². The fraction of sp³-hybridized carbons (Fsp3) is 0.0222. The Balaban J connectivity index is 0.000000124. The number of halogens is 2. The highest BCUT2D eigenvalue weighted by molar-refractivity contribution is 14.1. The lowest BCUT2D eigenvalue weighted by Gasteiger charge is -2.11. The largest absolute Gasteiger partial charge is 0.439 e. The molecule has 0 aliphatic rings. The lowest BCUT2D eigenvalue weighted by atomic mass is 10.0. The molecule has 0 aliphatic heterocycles. The molecule has 0 aliphatic carbocycles. The molecule has 6 aromatic heterocycles. The topological polar surface area (TPSA) is 56.9 Å². The molecule has 6 heterocycles. The number of furan rings is 2. The van der Waals surface area contributed by atoms with Gasteiger partial charge in [0.25, 0.3) is 0 Å². The van der Waals surface area contributed by atoms with E-state index in [2.05, 4.69) is 373 Å². The third-order valence-electron chi connectivity index (χ3n) is 18.6. The van der Waals surface area contributed by atoms with Crippen molar-refractivity contribution in [2.24, 2.45) is 0 Å². The van der Waals surface area contributed by atoms with Crippen LogP contribution in [0.2, 0.25) is 0 Å². The molecule has 20 rings (SSSR count). The van der Waals surface area contributed by atoms with Gasteiger partial charge in [0.2, 0.25) is 11.4 Å². The van der Waals surface area contributed by atoms with Gasteiger partial charge in [-0.2, -0.15) is 0 Å².